The van der Waals surface area contributed by atoms with Crippen LogP contribution in [-0.4, -0.2) is 0 Å². The number of rotatable bonds is 7. The molecule has 2 aliphatic heterocycles. The summed E-state index contributed by atoms with van der Waals surface area (Å²) in [5.41, 5.74) is 14.8. The lowest BCUT2D eigenvalue weighted by atomic mass is 9.98. The molecule has 0 saturated carbocycles. The van der Waals surface area contributed by atoms with Crippen LogP contribution >= 0.6 is 0 Å². The second-order valence-electron chi connectivity index (χ2n) is 19.9. The number of anilines is 9. The second-order valence-corrected chi connectivity index (χ2v) is 19.9. The van der Waals surface area contributed by atoms with Gasteiger partial charge in [0.05, 0.1) is 50.9 Å². The van der Waals surface area contributed by atoms with Crippen molar-refractivity contribution < 1.29 is 65.0 Å². The Balaban J connectivity index is 0.000000181. The van der Waals surface area contributed by atoms with Crippen LogP contribution in [0.2, 0.25) is 0 Å². The van der Waals surface area contributed by atoms with E-state index in [1.807, 2.05) is 34.1 Å². The quantitative estimate of drug-likeness (QED) is 0.148. The van der Waals surface area contributed by atoms with Crippen molar-refractivity contribution in [2.45, 2.75) is 12.4 Å². The highest BCUT2D eigenvalue weighted by Gasteiger charge is 2.35. The van der Waals surface area contributed by atoms with E-state index in [2.05, 4.69) is 193 Å². The summed E-state index contributed by atoms with van der Waals surface area (Å²) >= 11 is 0. The van der Waals surface area contributed by atoms with Crippen LogP contribution < -0.4 is 53.4 Å². The van der Waals surface area contributed by atoms with Gasteiger partial charge in [-0.05, 0) is 153 Å². The van der Waals surface area contributed by atoms with Crippen molar-refractivity contribution in [1.82, 2.24) is 0 Å². The zero-order chi connectivity index (χ0) is 56.0. The fourth-order valence-electron chi connectivity index (χ4n) is 10.9. The molecule has 0 saturated heterocycles. The lowest BCUT2D eigenvalue weighted by Gasteiger charge is -2.40. The minimum absolute atomic E-state index is 0. The number of ether oxygens (including phenoxy) is 1. The van der Waals surface area contributed by atoms with Crippen LogP contribution in [0.25, 0.3) is 55.3 Å². The number of benzene rings is 12. The molecule has 0 aromatic heterocycles. The van der Waals surface area contributed by atoms with E-state index in [1.165, 1.54) is 57.3 Å². The van der Waals surface area contributed by atoms with Crippen LogP contribution in [0.5, 0.6) is 11.5 Å². The normalized spacial score (nSPS) is 12.2. The van der Waals surface area contributed by atoms with Crippen LogP contribution in [0, 0.1) is 0 Å². The molecule has 414 valence electrons. The van der Waals surface area contributed by atoms with Crippen molar-refractivity contribution in [3.63, 3.8) is 0 Å². The Bertz CT molecular complexity index is 3990. The van der Waals surface area contributed by atoms with E-state index in [0.29, 0.717) is 34.1 Å². The standard InChI is InChI=1S/C46H31NO.C26H16F6N2.2BrH/c1-3-10-32(11-4-1)34-18-22-36(23-19-34)39-26-28-43-45(30-39)48-46-31-40(37-24-20-35(21-25-37)33-12-5-2-6-13-33)27-29-44(46)47(43)42-17-9-15-38-14-7-8-16-41(38)42;27-25(28,29)17-9-13-19(14-10-17)33-21-5-1-2-6-22(21)34(24-8-4-3-7-23(24)33)20-15-11-18(12-16-20)26(30,31)32;;/h1-31H;1-16H;2*1H/p-2. The van der Waals surface area contributed by atoms with Gasteiger partial charge in [0.1, 0.15) is 0 Å². The molecule has 2 heterocycles. The molecule has 0 radical (unpaired) electrons. The SMILES string of the molecule is FC(F)(F)c1ccc(N2c3ccccc3N(c3ccc(C(F)(F)F)cc3)c3ccccc32)cc1.[Br-].[Br-].c1ccc(-c2ccc(-c3ccc4c(c3)Oc3cc(-c5ccc(-c6ccccc6)cc5)ccc3N4c3cccc4ccccc34)cc2)cc1. The van der Waals surface area contributed by atoms with Gasteiger partial charge < -0.3 is 53.4 Å². The lowest BCUT2D eigenvalue weighted by Crippen LogP contribution is -3.00. The van der Waals surface area contributed by atoms with Crippen molar-refractivity contribution in [2.75, 3.05) is 14.7 Å². The van der Waals surface area contributed by atoms with Crippen molar-refractivity contribution in [1.29, 1.82) is 0 Å². The molecule has 0 amide bonds. The predicted octanol–water partition coefficient (Wildman–Crippen LogP) is 16.1. The van der Waals surface area contributed by atoms with Gasteiger partial charge in [-0.15, -0.1) is 0 Å². The predicted molar refractivity (Wildman–Crippen MR) is 320 cm³/mol. The van der Waals surface area contributed by atoms with Gasteiger partial charge >= 0.3 is 12.4 Å². The molecule has 0 bridgehead atoms. The maximum Gasteiger partial charge on any atom is 0.416 e. The van der Waals surface area contributed by atoms with Crippen LogP contribution in [0.3, 0.4) is 0 Å². The molecule has 0 spiro atoms. The molecule has 0 unspecified atom stereocenters. The molecule has 12 aromatic rings. The fourth-order valence-corrected chi connectivity index (χ4v) is 10.9. The topological polar surface area (TPSA) is 19.0 Å². The Morgan fingerprint density at radius 1 is 0.250 bits per heavy atom. The molecule has 0 atom stereocenters. The zero-order valence-electron chi connectivity index (χ0n) is 44.4. The minimum atomic E-state index is -4.45. The van der Waals surface area contributed by atoms with E-state index in [0.717, 1.165) is 75.1 Å². The zero-order valence-corrected chi connectivity index (χ0v) is 47.6. The van der Waals surface area contributed by atoms with Crippen molar-refractivity contribution >= 4 is 62.0 Å². The van der Waals surface area contributed by atoms with E-state index < -0.39 is 23.5 Å². The molecule has 12 aromatic carbocycles. The first kappa shape index (κ1) is 56.5. The maximum atomic E-state index is 13.1. The highest BCUT2D eigenvalue weighted by molar-refractivity contribution is 6.03. The van der Waals surface area contributed by atoms with Gasteiger partial charge in [0.25, 0.3) is 0 Å². The second kappa shape index (κ2) is 23.5. The fraction of sp³-hybridized carbons (Fsp3) is 0.0278. The number of alkyl halides is 6. The number of nitrogens with zero attached hydrogens (tertiary/aromatic N) is 3. The third-order valence-corrected chi connectivity index (χ3v) is 14.9. The molecule has 0 fully saturated rings. The Kier molecular flexibility index (Phi) is 15.8. The van der Waals surface area contributed by atoms with E-state index >= 15 is 0 Å². The number of halogens is 8. The molecular formula is C72H47Br2F6N3O-2. The molecule has 4 nitrogen and oxygen atoms in total. The van der Waals surface area contributed by atoms with E-state index in [9.17, 15) is 26.3 Å². The van der Waals surface area contributed by atoms with Crippen LogP contribution in [0.4, 0.5) is 77.5 Å². The van der Waals surface area contributed by atoms with Gasteiger partial charge in [-0.3, -0.25) is 0 Å². The van der Waals surface area contributed by atoms with Crippen molar-refractivity contribution in [2.24, 2.45) is 0 Å². The van der Waals surface area contributed by atoms with Gasteiger partial charge in [-0.1, -0.05) is 182 Å². The van der Waals surface area contributed by atoms with Crippen LogP contribution in [-0.2, 0) is 12.4 Å². The summed E-state index contributed by atoms with van der Waals surface area (Å²) in [6, 6.07) is 91.0. The molecule has 0 N–H and O–H groups in total. The molecule has 12 heteroatoms. The number of fused-ring (bicyclic) bond motifs is 5. The Hall–Kier alpha value is -9.36. The van der Waals surface area contributed by atoms with Gasteiger partial charge in [-0.25, -0.2) is 0 Å². The van der Waals surface area contributed by atoms with E-state index in [1.54, 1.807) is 24.3 Å². The average molecular weight is 1240 g/mol. The third-order valence-electron chi connectivity index (χ3n) is 14.9. The van der Waals surface area contributed by atoms with Crippen LogP contribution in [0.15, 0.2) is 285 Å². The number of hydrogen-bond acceptors (Lipinski definition) is 4. The number of hydrogen-bond donors (Lipinski definition) is 0. The van der Waals surface area contributed by atoms with Gasteiger partial charge in [0.15, 0.2) is 11.5 Å². The smallest absolute Gasteiger partial charge is 0.416 e. The van der Waals surface area contributed by atoms with E-state index in [4.69, 9.17) is 4.74 Å². The summed E-state index contributed by atoms with van der Waals surface area (Å²) in [5, 5.41) is 2.40. The Morgan fingerprint density at radius 3 is 0.952 bits per heavy atom. The summed E-state index contributed by atoms with van der Waals surface area (Å²) in [4.78, 5) is 6.03. The first-order valence-electron chi connectivity index (χ1n) is 26.6. The average Bonchev–Trinajstić information content (AvgIpc) is 3.67. The highest BCUT2D eigenvalue weighted by atomic mass is 79.9. The Labute approximate surface area is 503 Å². The van der Waals surface area contributed by atoms with Crippen molar-refractivity contribution in [3.8, 4) is 56.0 Å². The summed E-state index contributed by atoms with van der Waals surface area (Å²) in [6.07, 6.45) is -8.90. The first-order chi connectivity index (χ1) is 39.9. The number of para-hydroxylation sites is 4. The summed E-state index contributed by atoms with van der Waals surface area (Å²) in [5.74, 6) is 1.66. The summed E-state index contributed by atoms with van der Waals surface area (Å²) in [6.45, 7) is 0. The van der Waals surface area contributed by atoms with Crippen molar-refractivity contribution in [3.05, 3.63) is 296 Å². The van der Waals surface area contributed by atoms with Gasteiger partial charge in [0.2, 0.25) is 0 Å². The van der Waals surface area contributed by atoms with Crippen LogP contribution in [0.1, 0.15) is 11.1 Å². The maximum absolute atomic E-state index is 13.1. The first-order valence-corrected chi connectivity index (χ1v) is 26.6. The minimum Gasteiger partial charge on any atom is -1.00 e. The largest absolute Gasteiger partial charge is 1.00 e. The van der Waals surface area contributed by atoms with Gasteiger partial charge in [0, 0.05) is 16.8 Å². The summed E-state index contributed by atoms with van der Waals surface area (Å²) < 4.78 is 85.4. The molecule has 0 aliphatic carbocycles. The molecule has 84 heavy (non-hydrogen) atoms. The molecular weight excluding hydrogens is 1200 g/mol. The third kappa shape index (κ3) is 11.1. The van der Waals surface area contributed by atoms with E-state index in [-0.39, 0.29) is 34.0 Å². The molecule has 14 rings (SSSR count). The summed E-state index contributed by atoms with van der Waals surface area (Å²) in [7, 11) is 0. The Morgan fingerprint density at radius 2 is 0.560 bits per heavy atom. The molecule has 2 aliphatic rings. The highest BCUT2D eigenvalue weighted by Crippen LogP contribution is 2.56. The lowest BCUT2D eigenvalue weighted by molar-refractivity contribution is -0.138. The van der Waals surface area contributed by atoms with Gasteiger partial charge in [-0.2, -0.15) is 26.3 Å². The monoisotopic (exact) mass is 1240 g/mol.